The Hall–Kier alpha value is -0.580. The number of nitrogens with one attached hydrogen (secondary N) is 1. The Morgan fingerprint density at radius 2 is 2.15 bits per heavy atom. The monoisotopic (exact) mass is 406 g/mol. The molecule has 0 saturated carbocycles. The molecule has 3 aliphatic heterocycles. The van der Waals surface area contributed by atoms with Gasteiger partial charge in [-0.3, -0.25) is 9.59 Å². The van der Waals surface area contributed by atoms with Crippen LogP contribution in [0.15, 0.2) is 10.6 Å². The summed E-state index contributed by atoms with van der Waals surface area (Å²) in [6.07, 6.45) is -0.251. The smallest absolute Gasteiger partial charge is 0.543 e. The second kappa shape index (κ2) is 8.84. The van der Waals surface area contributed by atoms with Crippen molar-refractivity contribution < 1.29 is 58.9 Å². The average molecular weight is 406 g/mol. The number of β-lactam (4-membered cyclic amide) rings is 1. The Morgan fingerprint density at radius 3 is 2.70 bits per heavy atom. The minimum absolute atomic E-state index is 0. The summed E-state index contributed by atoms with van der Waals surface area (Å²) in [5.41, 5.74) is -0.0697. The van der Waals surface area contributed by atoms with Crippen molar-refractivity contribution >= 4 is 29.5 Å². The third kappa shape index (κ3) is 4.23. The van der Waals surface area contributed by atoms with Crippen molar-refractivity contribution in [3.63, 3.8) is 0 Å². The maximum absolute atomic E-state index is 12.3. The standard InChI is InChI=1S/C17H24N2O6S.Na/c1-7-13-12(8(2)20)16(22)19(13)14(17(23)24)15(7)26-11-4-10(25-6-11)5-18-9(3)21;/h7-8,10-13,20H,4-6H2,1-3H3,(H,18,21)(H,23,24);/q;+1/p-1/t7-,8-,10?,11?,12-,13-;/m1./s1. The van der Waals surface area contributed by atoms with Crippen molar-refractivity contribution in [2.75, 3.05) is 13.2 Å². The Labute approximate surface area is 184 Å². The normalized spacial score (nSPS) is 33.3. The quantitative estimate of drug-likeness (QED) is 0.339. The number of fused-ring (bicyclic) bond motifs is 1. The van der Waals surface area contributed by atoms with Crippen molar-refractivity contribution in [3.8, 4) is 0 Å². The topological polar surface area (TPSA) is 119 Å². The summed E-state index contributed by atoms with van der Waals surface area (Å²) in [6.45, 7) is 5.74. The van der Waals surface area contributed by atoms with Gasteiger partial charge >= 0.3 is 29.6 Å². The van der Waals surface area contributed by atoms with Crippen LogP contribution in [-0.4, -0.2) is 64.4 Å². The molecule has 3 rings (SSSR count). The number of thioether (sulfide) groups is 1. The SMILES string of the molecule is CC(=O)NCC1CC(SC2=C(C(=O)[O-])N3C(=O)[C@H]([C@@H](C)O)[C@H]3[C@H]2C)CO1.[Na+]. The number of aliphatic hydroxyl groups excluding tert-OH is 1. The van der Waals surface area contributed by atoms with E-state index in [-0.39, 0.29) is 70.4 Å². The molecular formula is C17H23N2NaO6S. The van der Waals surface area contributed by atoms with Crippen LogP contribution in [-0.2, 0) is 19.1 Å². The van der Waals surface area contributed by atoms with Gasteiger partial charge in [-0.1, -0.05) is 6.92 Å². The maximum Gasteiger partial charge on any atom is 1.00 e. The van der Waals surface area contributed by atoms with E-state index in [1.54, 1.807) is 6.92 Å². The molecule has 2 unspecified atom stereocenters. The van der Waals surface area contributed by atoms with Crippen molar-refractivity contribution in [2.45, 2.75) is 50.7 Å². The van der Waals surface area contributed by atoms with E-state index in [9.17, 15) is 24.6 Å². The second-order valence-electron chi connectivity index (χ2n) is 7.12. The largest absolute Gasteiger partial charge is 1.00 e. The minimum atomic E-state index is -1.37. The fraction of sp³-hybridized carbons (Fsp3) is 0.706. The zero-order chi connectivity index (χ0) is 19.2. The number of carboxylic acids is 1. The van der Waals surface area contributed by atoms with Gasteiger partial charge < -0.3 is 30.0 Å². The van der Waals surface area contributed by atoms with Gasteiger partial charge in [0, 0.05) is 29.5 Å². The summed E-state index contributed by atoms with van der Waals surface area (Å²) in [5, 5.41) is 24.3. The van der Waals surface area contributed by atoms with Crippen LogP contribution in [0.25, 0.3) is 0 Å². The van der Waals surface area contributed by atoms with Crippen LogP contribution in [0, 0.1) is 11.8 Å². The number of aliphatic carboxylic acids is 1. The molecule has 144 valence electrons. The molecule has 0 spiro atoms. The van der Waals surface area contributed by atoms with Crippen LogP contribution >= 0.6 is 11.8 Å². The Bertz CT molecular complexity index is 670. The minimum Gasteiger partial charge on any atom is -0.543 e. The molecule has 2 saturated heterocycles. The summed E-state index contributed by atoms with van der Waals surface area (Å²) in [6, 6.07) is -0.338. The number of carbonyl (C=O) groups is 3. The van der Waals surface area contributed by atoms with E-state index >= 15 is 0 Å². The molecule has 3 heterocycles. The number of rotatable bonds is 6. The van der Waals surface area contributed by atoms with E-state index < -0.39 is 18.0 Å². The first-order valence-electron chi connectivity index (χ1n) is 8.71. The Kier molecular flexibility index (Phi) is 7.43. The van der Waals surface area contributed by atoms with Crippen LogP contribution in [0.2, 0.25) is 0 Å². The van der Waals surface area contributed by atoms with Crippen LogP contribution in [0.4, 0.5) is 0 Å². The first-order valence-corrected chi connectivity index (χ1v) is 9.59. The molecule has 2 fully saturated rings. The fourth-order valence-corrected chi connectivity index (χ4v) is 5.47. The van der Waals surface area contributed by atoms with Gasteiger partial charge in [-0.15, -0.1) is 11.8 Å². The van der Waals surface area contributed by atoms with Crippen LogP contribution in [0.1, 0.15) is 27.2 Å². The number of carboxylic acid groups (broad SMARTS) is 1. The fourth-order valence-electron chi connectivity index (χ4n) is 4.00. The Morgan fingerprint density at radius 1 is 1.48 bits per heavy atom. The third-order valence-corrected chi connectivity index (χ3v) is 6.70. The predicted octanol–water partition coefficient (Wildman–Crippen LogP) is -4.16. The number of nitrogens with zero attached hydrogens (tertiary/aromatic N) is 1. The summed E-state index contributed by atoms with van der Waals surface area (Å²) in [5.74, 6) is -2.61. The molecule has 0 aromatic carbocycles. The molecule has 10 heteroatoms. The molecule has 27 heavy (non-hydrogen) atoms. The van der Waals surface area contributed by atoms with Gasteiger partial charge in [0.05, 0.1) is 42.4 Å². The van der Waals surface area contributed by atoms with E-state index in [4.69, 9.17) is 4.74 Å². The summed E-state index contributed by atoms with van der Waals surface area (Å²) >= 11 is 1.41. The summed E-state index contributed by atoms with van der Waals surface area (Å²) in [7, 11) is 0. The van der Waals surface area contributed by atoms with Gasteiger partial charge in [-0.05, 0) is 13.3 Å². The average Bonchev–Trinajstić information content (AvgIpc) is 3.08. The molecule has 8 nitrogen and oxygen atoms in total. The molecule has 0 aromatic rings. The molecule has 0 radical (unpaired) electrons. The molecule has 3 aliphatic rings. The number of ether oxygens (including phenoxy) is 1. The molecule has 2 amide bonds. The van der Waals surface area contributed by atoms with Crippen LogP contribution in [0.3, 0.4) is 0 Å². The van der Waals surface area contributed by atoms with E-state index in [2.05, 4.69) is 5.32 Å². The molecule has 0 aromatic heterocycles. The molecular weight excluding hydrogens is 383 g/mol. The van der Waals surface area contributed by atoms with E-state index in [1.807, 2.05) is 6.92 Å². The third-order valence-electron chi connectivity index (χ3n) is 5.22. The van der Waals surface area contributed by atoms with Crippen molar-refractivity contribution in [3.05, 3.63) is 10.6 Å². The summed E-state index contributed by atoms with van der Waals surface area (Å²) in [4.78, 5) is 36.9. The number of hydrogen-bond donors (Lipinski definition) is 2. The van der Waals surface area contributed by atoms with Crippen LogP contribution < -0.4 is 40.0 Å². The predicted molar refractivity (Wildman–Crippen MR) is 91.4 cm³/mol. The number of amides is 2. The number of aliphatic hydroxyl groups is 1. The molecule has 0 bridgehead atoms. The zero-order valence-corrected chi connectivity index (χ0v) is 18.7. The summed E-state index contributed by atoms with van der Waals surface area (Å²) < 4.78 is 5.67. The van der Waals surface area contributed by atoms with Crippen LogP contribution in [0.5, 0.6) is 0 Å². The van der Waals surface area contributed by atoms with Crippen molar-refractivity contribution in [1.29, 1.82) is 0 Å². The van der Waals surface area contributed by atoms with E-state index in [1.165, 1.54) is 23.6 Å². The van der Waals surface area contributed by atoms with E-state index in [0.29, 0.717) is 24.5 Å². The van der Waals surface area contributed by atoms with Crippen molar-refractivity contribution in [1.82, 2.24) is 10.2 Å². The first kappa shape index (κ1) is 22.7. The number of carbonyl (C=O) groups excluding carboxylic acids is 3. The maximum atomic E-state index is 12.3. The Balaban J connectivity index is 0.00000261. The molecule has 0 aliphatic carbocycles. The van der Waals surface area contributed by atoms with Gasteiger partial charge in [0.2, 0.25) is 11.8 Å². The van der Waals surface area contributed by atoms with Crippen molar-refractivity contribution in [2.24, 2.45) is 11.8 Å². The zero-order valence-electron chi connectivity index (χ0n) is 15.9. The number of hydrogen-bond acceptors (Lipinski definition) is 7. The van der Waals surface area contributed by atoms with Gasteiger partial charge in [-0.25, -0.2) is 0 Å². The van der Waals surface area contributed by atoms with Gasteiger partial charge in [-0.2, -0.15) is 0 Å². The molecule has 2 N–H and O–H groups in total. The molecule has 6 atom stereocenters. The van der Waals surface area contributed by atoms with Gasteiger partial charge in [0.15, 0.2) is 0 Å². The first-order chi connectivity index (χ1) is 12.2. The van der Waals surface area contributed by atoms with E-state index in [0.717, 1.165) is 0 Å². The van der Waals surface area contributed by atoms with Gasteiger partial charge in [0.1, 0.15) is 0 Å². The van der Waals surface area contributed by atoms with Gasteiger partial charge in [0.25, 0.3) is 0 Å². The second-order valence-corrected chi connectivity index (χ2v) is 8.46.